The number of aromatic nitrogens is 1. The summed E-state index contributed by atoms with van der Waals surface area (Å²) >= 11 is 1.25. The smallest absolute Gasteiger partial charge is 0.229 e. The second kappa shape index (κ2) is 6.93. The molecule has 1 saturated carbocycles. The van der Waals surface area contributed by atoms with Crippen LogP contribution in [0.15, 0.2) is 24.3 Å². The molecule has 0 spiro atoms. The van der Waals surface area contributed by atoms with Gasteiger partial charge in [0, 0.05) is 11.5 Å². The van der Waals surface area contributed by atoms with E-state index < -0.39 is 0 Å². The lowest BCUT2D eigenvalue weighted by atomic mass is 9.89. The molecular formula is C18H19N3OS. The van der Waals surface area contributed by atoms with Crippen LogP contribution in [0.25, 0.3) is 11.3 Å². The number of hydrogen-bond donors (Lipinski definition) is 1. The van der Waals surface area contributed by atoms with Gasteiger partial charge in [-0.15, -0.1) is 0 Å². The minimum Gasteiger partial charge on any atom is -0.302 e. The third-order valence-electron chi connectivity index (χ3n) is 4.23. The van der Waals surface area contributed by atoms with E-state index >= 15 is 0 Å². The molecule has 118 valence electrons. The Balaban J connectivity index is 1.82. The number of amides is 1. The van der Waals surface area contributed by atoms with Gasteiger partial charge in [0.15, 0.2) is 5.13 Å². The minimum atomic E-state index is 0.0405. The number of rotatable bonds is 3. The van der Waals surface area contributed by atoms with Crippen molar-refractivity contribution in [2.75, 3.05) is 5.32 Å². The molecule has 5 heteroatoms. The van der Waals surface area contributed by atoms with Crippen molar-refractivity contribution in [1.29, 1.82) is 5.26 Å². The summed E-state index contributed by atoms with van der Waals surface area (Å²) < 4.78 is 0. The lowest BCUT2D eigenvalue weighted by Crippen LogP contribution is -2.24. The largest absolute Gasteiger partial charge is 0.302 e. The summed E-state index contributed by atoms with van der Waals surface area (Å²) in [6.45, 7) is 2.01. The van der Waals surface area contributed by atoms with E-state index in [4.69, 9.17) is 0 Å². The van der Waals surface area contributed by atoms with E-state index in [0.717, 1.165) is 36.8 Å². The molecule has 2 aromatic rings. The summed E-state index contributed by atoms with van der Waals surface area (Å²) in [6.07, 6.45) is 5.36. The average Bonchev–Trinajstić information content (AvgIpc) is 2.98. The molecule has 23 heavy (non-hydrogen) atoms. The molecule has 1 aliphatic carbocycles. The summed E-state index contributed by atoms with van der Waals surface area (Å²) in [7, 11) is 0. The Labute approximate surface area is 140 Å². The lowest BCUT2D eigenvalue weighted by Gasteiger charge is -2.19. The quantitative estimate of drug-likeness (QED) is 0.903. The third kappa shape index (κ3) is 3.59. The molecule has 1 amide bonds. The van der Waals surface area contributed by atoms with E-state index in [1.807, 2.05) is 31.2 Å². The topological polar surface area (TPSA) is 65.8 Å². The Morgan fingerprint density at radius 1 is 1.35 bits per heavy atom. The van der Waals surface area contributed by atoms with Gasteiger partial charge in [0.2, 0.25) is 5.91 Å². The monoisotopic (exact) mass is 325 g/mol. The first kappa shape index (κ1) is 15.7. The van der Waals surface area contributed by atoms with Crippen molar-refractivity contribution in [3.63, 3.8) is 0 Å². The summed E-state index contributed by atoms with van der Waals surface area (Å²) in [4.78, 5) is 17.4. The molecule has 0 unspecified atom stereocenters. The lowest BCUT2D eigenvalue weighted by molar-refractivity contribution is -0.120. The van der Waals surface area contributed by atoms with E-state index in [0.29, 0.717) is 15.7 Å². The first-order valence-corrected chi connectivity index (χ1v) is 8.78. The van der Waals surface area contributed by atoms with Gasteiger partial charge in [-0.25, -0.2) is 4.98 Å². The Morgan fingerprint density at radius 2 is 2.13 bits per heavy atom. The van der Waals surface area contributed by atoms with Crippen molar-refractivity contribution in [3.05, 3.63) is 34.7 Å². The van der Waals surface area contributed by atoms with Gasteiger partial charge in [-0.1, -0.05) is 54.4 Å². The fourth-order valence-electron chi connectivity index (χ4n) is 3.01. The highest BCUT2D eigenvalue weighted by molar-refractivity contribution is 7.16. The van der Waals surface area contributed by atoms with Crippen molar-refractivity contribution >= 4 is 22.4 Å². The van der Waals surface area contributed by atoms with E-state index in [1.165, 1.54) is 17.8 Å². The number of benzene rings is 1. The van der Waals surface area contributed by atoms with Gasteiger partial charge < -0.3 is 5.32 Å². The van der Waals surface area contributed by atoms with Crippen molar-refractivity contribution in [3.8, 4) is 17.3 Å². The van der Waals surface area contributed by atoms with E-state index in [2.05, 4.69) is 16.4 Å². The third-order valence-corrected chi connectivity index (χ3v) is 5.10. The number of nitrogens with one attached hydrogen (secondary N) is 1. The Hall–Kier alpha value is -2.19. The summed E-state index contributed by atoms with van der Waals surface area (Å²) in [6, 6.07) is 10.1. The highest BCUT2D eigenvalue weighted by Crippen LogP contribution is 2.32. The molecule has 1 heterocycles. The van der Waals surface area contributed by atoms with Crippen LogP contribution in [0.4, 0.5) is 5.13 Å². The van der Waals surface area contributed by atoms with E-state index in [-0.39, 0.29) is 11.8 Å². The van der Waals surface area contributed by atoms with Crippen LogP contribution >= 0.6 is 11.3 Å². The van der Waals surface area contributed by atoms with Crippen LogP contribution in [0.1, 0.15) is 42.5 Å². The molecule has 0 atom stereocenters. The number of hydrogen-bond acceptors (Lipinski definition) is 4. The molecule has 4 nitrogen and oxygen atoms in total. The van der Waals surface area contributed by atoms with Crippen molar-refractivity contribution < 1.29 is 4.79 Å². The highest BCUT2D eigenvalue weighted by atomic mass is 32.1. The molecule has 1 aromatic heterocycles. The number of carbonyl (C=O) groups is 1. The predicted octanol–water partition coefficient (Wildman–Crippen LogP) is 4.51. The van der Waals surface area contributed by atoms with Crippen molar-refractivity contribution in [1.82, 2.24) is 4.98 Å². The number of thiazole rings is 1. The normalized spacial score (nSPS) is 15.1. The molecule has 0 aliphatic heterocycles. The molecule has 1 aromatic carbocycles. The van der Waals surface area contributed by atoms with Gasteiger partial charge in [0.1, 0.15) is 16.6 Å². The fourth-order valence-corrected chi connectivity index (χ4v) is 3.80. The van der Waals surface area contributed by atoms with Crippen LogP contribution in [-0.2, 0) is 4.79 Å². The van der Waals surface area contributed by atoms with Crippen LogP contribution in [0.2, 0.25) is 0 Å². The number of aryl methyl sites for hydroxylation is 1. The molecule has 1 fully saturated rings. The number of carbonyl (C=O) groups excluding carboxylic acids is 1. The molecular weight excluding hydrogens is 306 g/mol. The van der Waals surface area contributed by atoms with Crippen LogP contribution in [0.5, 0.6) is 0 Å². The zero-order chi connectivity index (χ0) is 16.2. The first-order chi connectivity index (χ1) is 11.2. The number of nitrogens with zero attached hydrogens (tertiary/aromatic N) is 2. The highest BCUT2D eigenvalue weighted by Gasteiger charge is 2.23. The molecule has 1 aliphatic rings. The van der Waals surface area contributed by atoms with E-state index in [1.54, 1.807) is 0 Å². The Morgan fingerprint density at radius 3 is 2.83 bits per heavy atom. The van der Waals surface area contributed by atoms with Crippen molar-refractivity contribution in [2.45, 2.75) is 39.0 Å². The maximum absolute atomic E-state index is 12.3. The zero-order valence-corrected chi connectivity index (χ0v) is 13.9. The standard InChI is InChI=1S/C18H19N3OS/c1-12-6-5-9-14(10-12)16-15(11-19)23-18(20-16)21-17(22)13-7-3-2-4-8-13/h5-6,9-10,13H,2-4,7-8H2,1H3,(H,20,21,22). The number of anilines is 1. The average molecular weight is 325 g/mol. The van der Waals surface area contributed by atoms with E-state index in [9.17, 15) is 10.1 Å². The molecule has 0 radical (unpaired) electrons. The Bertz CT molecular complexity index is 754. The Kier molecular flexibility index (Phi) is 4.73. The zero-order valence-electron chi connectivity index (χ0n) is 13.1. The van der Waals surface area contributed by atoms with Gasteiger partial charge in [0.05, 0.1) is 0 Å². The second-order valence-corrected chi connectivity index (χ2v) is 7.00. The van der Waals surface area contributed by atoms with Gasteiger partial charge >= 0.3 is 0 Å². The van der Waals surface area contributed by atoms with Gasteiger partial charge in [-0.3, -0.25) is 4.79 Å². The predicted molar refractivity (Wildman–Crippen MR) is 92.2 cm³/mol. The summed E-state index contributed by atoms with van der Waals surface area (Å²) in [5.41, 5.74) is 2.68. The summed E-state index contributed by atoms with van der Waals surface area (Å²) in [5, 5.41) is 12.8. The van der Waals surface area contributed by atoms with Gasteiger partial charge in [-0.05, 0) is 25.8 Å². The fraction of sp³-hybridized carbons (Fsp3) is 0.389. The van der Waals surface area contributed by atoms with Crippen LogP contribution in [0, 0.1) is 24.2 Å². The molecule has 0 saturated heterocycles. The summed E-state index contributed by atoms with van der Waals surface area (Å²) in [5.74, 6) is 0.124. The van der Waals surface area contributed by atoms with Gasteiger partial charge in [-0.2, -0.15) is 5.26 Å². The molecule has 3 rings (SSSR count). The second-order valence-electron chi connectivity index (χ2n) is 6.00. The van der Waals surface area contributed by atoms with Crippen LogP contribution in [0.3, 0.4) is 0 Å². The van der Waals surface area contributed by atoms with Crippen molar-refractivity contribution in [2.24, 2.45) is 5.92 Å². The SMILES string of the molecule is Cc1cccc(-c2nc(NC(=O)C3CCCCC3)sc2C#N)c1. The maximum Gasteiger partial charge on any atom is 0.229 e. The van der Waals surface area contributed by atoms with Crippen LogP contribution < -0.4 is 5.32 Å². The van der Waals surface area contributed by atoms with Crippen LogP contribution in [-0.4, -0.2) is 10.9 Å². The first-order valence-electron chi connectivity index (χ1n) is 7.96. The maximum atomic E-state index is 12.3. The molecule has 0 bridgehead atoms. The minimum absolute atomic E-state index is 0.0405. The number of nitriles is 1. The van der Waals surface area contributed by atoms with Gasteiger partial charge in [0.25, 0.3) is 0 Å². The molecule has 1 N–H and O–H groups in total.